The van der Waals surface area contributed by atoms with Crippen LogP contribution in [-0.2, 0) is 0 Å². The van der Waals surface area contributed by atoms with Gasteiger partial charge in [-0.1, -0.05) is 15.9 Å². The van der Waals surface area contributed by atoms with Gasteiger partial charge in [-0.2, -0.15) is 0 Å². The van der Waals surface area contributed by atoms with Gasteiger partial charge in [0.25, 0.3) is 0 Å². The molecular weight excluding hydrogens is 265 g/mol. The summed E-state index contributed by atoms with van der Waals surface area (Å²) >= 11 is 3.42. The summed E-state index contributed by atoms with van der Waals surface area (Å²) in [6.45, 7) is 1.93. The molecule has 0 aromatic carbocycles. The van der Waals surface area contributed by atoms with Crippen molar-refractivity contribution in [3.63, 3.8) is 0 Å². The second kappa shape index (κ2) is 4.29. The van der Waals surface area contributed by atoms with E-state index in [1.807, 2.05) is 29.7 Å². The van der Waals surface area contributed by atoms with Gasteiger partial charge in [0, 0.05) is 16.7 Å². The summed E-state index contributed by atoms with van der Waals surface area (Å²) in [5.74, 6) is 0. The number of imidazole rings is 1. The molecule has 0 aliphatic heterocycles. The van der Waals surface area contributed by atoms with Crippen LogP contribution >= 0.6 is 28.3 Å². The fraction of sp³-hybridized carbons (Fsp3) is 0.222. The normalized spacial score (nSPS) is 12.5. The first-order valence-electron chi connectivity index (χ1n) is 4.06. The number of fused-ring (bicyclic) bond motifs is 1. The molecule has 0 aliphatic carbocycles. The molecule has 0 bridgehead atoms. The molecule has 2 aromatic rings. The Morgan fingerprint density at radius 2 is 2.29 bits per heavy atom. The van der Waals surface area contributed by atoms with E-state index in [0.717, 1.165) is 15.7 Å². The van der Waals surface area contributed by atoms with Gasteiger partial charge in [0.1, 0.15) is 0 Å². The Labute approximate surface area is 96.9 Å². The third kappa shape index (κ3) is 1.92. The van der Waals surface area contributed by atoms with E-state index in [0.29, 0.717) is 0 Å². The lowest BCUT2D eigenvalue weighted by atomic mass is 10.2. The van der Waals surface area contributed by atoms with E-state index in [2.05, 4.69) is 20.9 Å². The molecule has 0 fully saturated rings. The zero-order valence-corrected chi connectivity index (χ0v) is 10.0. The number of halogens is 2. The average Bonchev–Trinajstić information content (AvgIpc) is 2.46. The minimum Gasteiger partial charge on any atom is -0.323 e. The highest BCUT2D eigenvalue weighted by Gasteiger charge is 2.07. The molecule has 2 rings (SSSR count). The first kappa shape index (κ1) is 11.5. The number of pyridine rings is 1. The zero-order valence-electron chi connectivity index (χ0n) is 7.64. The van der Waals surface area contributed by atoms with Gasteiger partial charge in [-0.15, -0.1) is 12.4 Å². The van der Waals surface area contributed by atoms with Crippen molar-refractivity contribution < 1.29 is 0 Å². The fourth-order valence-electron chi connectivity index (χ4n) is 1.33. The first-order valence-corrected chi connectivity index (χ1v) is 4.85. The third-order valence-corrected chi connectivity index (χ3v) is 2.46. The van der Waals surface area contributed by atoms with E-state index in [9.17, 15) is 0 Å². The summed E-state index contributed by atoms with van der Waals surface area (Å²) in [6.07, 6.45) is 3.73. The van der Waals surface area contributed by atoms with Crippen LogP contribution in [-0.4, -0.2) is 9.38 Å². The lowest BCUT2D eigenvalue weighted by Gasteiger charge is -2.01. The van der Waals surface area contributed by atoms with Gasteiger partial charge in [-0.05, 0) is 19.1 Å². The molecule has 1 atom stereocenters. The van der Waals surface area contributed by atoms with Crippen molar-refractivity contribution in [1.82, 2.24) is 9.38 Å². The van der Waals surface area contributed by atoms with Crippen LogP contribution in [0.3, 0.4) is 0 Å². The molecule has 0 saturated heterocycles. The van der Waals surface area contributed by atoms with Gasteiger partial charge < -0.3 is 10.1 Å². The third-order valence-electron chi connectivity index (χ3n) is 1.96. The van der Waals surface area contributed by atoms with E-state index in [1.165, 1.54) is 0 Å². The Hall–Kier alpha value is -0.580. The summed E-state index contributed by atoms with van der Waals surface area (Å²) in [4.78, 5) is 4.25. The van der Waals surface area contributed by atoms with Crippen LogP contribution in [0.2, 0.25) is 0 Å². The van der Waals surface area contributed by atoms with Crippen LogP contribution in [0.1, 0.15) is 18.7 Å². The van der Waals surface area contributed by atoms with E-state index in [-0.39, 0.29) is 18.4 Å². The molecule has 0 radical (unpaired) electrons. The van der Waals surface area contributed by atoms with Crippen molar-refractivity contribution in [2.75, 3.05) is 0 Å². The number of hydrogen-bond acceptors (Lipinski definition) is 2. The SMILES string of the molecule is CC(N)c1ncn2ccc(Br)cc12.Cl. The molecule has 0 amide bonds. The maximum atomic E-state index is 5.78. The second-order valence-corrected chi connectivity index (χ2v) is 3.97. The molecule has 0 spiro atoms. The standard InChI is InChI=1S/C9H10BrN3.ClH/c1-6(11)9-8-4-7(10)2-3-13(8)5-12-9;/h2-6H,11H2,1H3;1H. The van der Waals surface area contributed by atoms with Gasteiger partial charge in [-0.25, -0.2) is 4.98 Å². The van der Waals surface area contributed by atoms with Crippen LogP contribution in [0.15, 0.2) is 29.1 Å². The first-order chi connectivity index (χ1) is 6.18. The Balaban J connectivity index is 0.000000980. The Morgan fingerprint density at radius 3 is 2.93 bits per heavy atom. The smallest absolute Gasteiger partial charge is 0.0996 e. The van der Waals surface area contributed by atoms with Crippen molar-refractivity contribution in [2.45, 2.75) is 13.0 Å². The molecule has 0 saturated carbocycles. The summed E-state index contributed by atoms with van der Waals surface area (Å²) in [6, 6.07) is 3.96. The van der Waals surface area contributed by atoms with Crippen molar-refractivity contribution >= 4 is 33.9 Å². The number of rotatable bonds is 1. The predicted octanol–water partition coefficient (Wildman–Crippen LogP) is 2.54. The number of hydrogen-bond donors (Lipinski definition) is 1. The van der Waals surface area contributed by atoms with Crippen molar-refractivity contribution in [3.8, 4) is 0 Å². The molecule has 14 heavy (non-hydrogen) atoms. The largest absolute Gasteiger partial charge is 0.323 e. The zero-order chi connectivity index (χ0) is 9.42. The molecule has 2 heterocycles. The highest BCUT2D eigenvalue weighted by Crippen LogP contribution is 2.19. The van der Waals surface area contributed by atoms with E-state index in [4.69, 9.17) is 5.73 Å². The summed E-state index contributed by atoms with van der Waals surface area (Å²) in [5, 5.41) is 0. The van der Waals surface area contributed by atoms with Crippen molar-refractivity contribution in [2.24, 2.45) is 5.73 Å². The maximum Gasteiger partial charge on any atom is 0.0996 e. The van der Waals surface area contributed by atoms with E-state index in [1.54, 1.807) is 6.33 Å². The number of nitrogens with two attached hydrogens (primary N) is 1. The lowest BCUT2D eigenvalue weighted by Crippen LogP contribution is -2.05. The van der Waals surface area contributed by atoms with Crippen LogP contribution in [0, 0.1) is 0 Å². The predicted molar refractivity (Wildman–Crippen MR) is 62.7 cm³/mol. The van der Waals surface area contributed by atoms with Gasteiger partial charge in [0.15, 0.2) is 0 Å². The Morgan fingerprint density at radius 1 is 1.57 bits per heavy atom. The summed E-state index contributed by atoms with van der Waals surface area (Å²) < 4.78 is 3.01. The number of nitrogens with zero attached hydrogens (tertiary/aromatic N) is 2. The number of aromatic nitrogens is 2. The highest BCUT2D eigenvalue weighted by atomic mass is 79.9. The van der Waals surface area contributed by atoms with Gasteiger partial charge in [0.05, 0.1) is 17.5 Å². The van der Waals surface area contributed by atoms with Gasteiger partial charge in [0.2, 0.25) is 0 Å². The summed E-state index contributed by atoms with van der Waals surface area (Å²) in [5.41, 5.74) is 7.77. The minimum atomic E-state index is -0.0284. The maximum absolute atomic E-state index is 5.78. The van der Waals surface area contributed by atoms with Crippen LogP contribution in [0.5, 0.6) is 0 Å². The molecule has 5 heteroatoms. The topological polar surface area (TPSA) is 43.3 Å². The molecule has 76 valence electrons. The van der Waals surface area contributed by atoms with Gasteiger partial charge >= 0.3 is 0 Å². The molecule has 3 nitrogen and oxygen atoms in total. The lowest BCUT2D eigenvalue weighted by molar-refractivity contribution is 0.796. The monoisotopic (exact) mass is 275 g/mol. The van der Waals surface area contributed by atoms with E-state index >= 15 is 0 Å². The molecule has 0 aliphatic rings. The van der Waals surface area contributed by atoms with Crippen LogP contribution in [0.4, 0.5) is 0 Å². The van der Waals surface area contributed by atoms with Crippen molar-refractivity contribution in [3.05, 3.63) is 34.8 Å². The quantitative estimate of drug-likeness (QED) is 0.870. The molecule has 1 unspecified atom stereocenters. The van der Waals surface area contributed by atoms with E-state index < -0.39 is 0 Å². The second-order valence-electron chi connectivity index (χ2n) is 3.06. The Kier molecular flexibility index (Phi) is 3.53. The molecular formula is C9H11BrClN3. The minimum absolute atomic E-state index is 0. The molecule has 2 N–H and O–H groups in total. The van der Waals surface area contributed by atoms with Crippen molar-refractivity contribution in [1.29, 1.82) is 0 Å². The highest BCUT2D eigenvalue weighted by molar-refractivity contribution is 9.10. The van der Waals surface area contributed by atoms with Crippen LogP contribution in [0.25, 0.3) is 5.52 Å². The summed E-state index contributed by atoms with van der Waals surface area (Å²) in [7, 11) is 0. The Bertz CT molecular complexity index is 439. The molecule has 2 aromatic heterocycles. The average molecular weight is 277 g/mol. The van der Waals surface area contributed by atoms with Crippen LogP contribution < -0.4 is 5.73 Å². The fourth-order valence-corrected chi connectivity index (χ4v) is 1.67. The van der Waals surface area contributed by atoms with Gasteiger partial charge in [-0.3, -0.25) is 0 Å².